The summed E-state index contributed by atoms with van der Waals surface area (Å²) >= 11 is 0. The van der Waals surface area contributed by atoms with Crippen LogP contribution in [-0.2, 0) is 4.79 Å². The van der Waals surface area contributed by atoms with Gasteiger partial charge in [0.05, 0.1) is 0 Å². The van der Waals surface area contributed by atoms with E-state index in [0.717, 1.165) is 13.0 Å². The first-order valence-corrected chi connectivity index (χ1v) is 5.45. The third-order valence-corrected chi connectivity index (χ3v) is 2.58. The molecule has 1 amide bonds. The van der Waals surface area contributed by atoms with Crippen LogP contribution in [0.4, 0.5) is 0 Å². The SMILES string of the molecule is C=CC(=O)NCCCCN1CCCC1. The average Bonchev–Trinajstić information content (AvgIpc) is 2.69. The molecule has 1 saturated heterocycles. The fourth-order valence-corrected chi connectivity index (χ4v) is 1.75. The van der Waals surface area contributed by atoms with Gasteiger partial charge in [0.25, 0.3) is 0 Å². The molecule has 3 heteroatoms. The van der Waals surface area contributed by atoms with Crippen LogP contribution in [0.5, 0.6) is 0 Å². The van der Waals surface area contributed by atoms with Crippen molar-refractivity contribution in [3.05, 3.63) is 12.7 Å². The van der Waals surface area contributed by atoms with Crippen LogP contribution in [0.2, 0.25) is 0 Å². The predicted octanol–water partition coefficient (Wildman–Crippen LogP) is 1.16. The molecule has 1 aliphatic heterocycles. The Hall–Kier alpha value is -0.830. The van der Waals surface area contributed by atoms with Gasteiger partial charge in [-0.05, 0) is 51.4 Å². The second-order valence-corrected chi connectivity index (χ2v) is 3.75. The van der Waals surface area contributed by atoms with Gasteiger partial charge >= 0.3 is 0 Å². The number of nitrogens with zero attached hydrogens (tertiary/aromatic N) is 1. The fraction of sp³-hybridized carbons (Fsp3) is 0.727. The number of amides is 1. The largest absolute Gasteiger partial charge is 0.353 e. The second kappa shape index (κ2) is 6.60. The average molecular weight is 196 g/mol. The fourth-order valence-electron chi connectivity index (χ4n) is 1.75. The van der Waals surface area contributed by atoms with Gasteiger partial charge in [0.15, 0.2) is 0 Å². The van der Waals surface area contributed by atoms with E-state index in [4.69, 9.17) is 0 Å². The van der Waals surface area contributed by atoms with Crippen molar-refractivity contribution in [1.29, 1.82) is 0 Å². The van der Waals surface area contributed by atoms with Gasteiger partial charge in [-0.3, -0.25) is 4.79 Å². The minimum Gasteiger partial charge on any atom is -0.353 e. The van der Waals surface area contributed by atoms with Crippen LogP contribution in [0.15, 0.2) is 12.7 Å². The van der Waals surface area contributed by atoms with Gasteiger partial charge in [0.1, 0.15) is 0 Å². The van der Waals surface area contributed by atoms with E-state index in [1.54, 1.807) is 0 Å². The van der Waals surface area contributed by atoms with Crippen molar-refractivity contribution in [2.45, 2.75) is 25.7 Å². The second-order valence-electron chi connectivity index (χ2n) is 3.75. The molecule has 1 rings (SSSR count). The molecule has 0 aromatic carbocycles. The molecule has 1 heterocycles. The van der Waals surface area contributed by atoms with E-state index in [0.29, 0.717) is 0 Å². The van der Waals surface area contributed by atoms with Crippen LogP contribution in [0.25, 0.3) is 0 Å². The molecule has 0 bridgehead atoms. The number of unbranched alkanes of at least 4 members (excludes halogenated alkanes) is 1. The number of hydrogen-bond acceptors (Lipinski definition) is 2. The Kier molecular flexibility index (Phi) is 5.30. The highest BCUT2D eigenvalue weighted by Crippen LogP contribution is 2.07. The number of carbonyl (C=O) groups excluding carboxylic acids is 1. The molecule has 1 fully saturated rings. The van der Waals surface area contributed by atoms with E-state index < -0.39 is 0 Å². The van der Waals surface area contributed by atoms with E-state index in [2.05, 4.69) is 16.8 Å². The molecule has 1 N–H and O–H groups in total. The topological polar surface area (TPSA) is 32.3 Å². The number of rotatable bonds is 6. The summed E-state index contributed by atoms with van der Waals surface area (Å²) in [6, 6.07) is 0. The summed E-state index contributed by atoms with van der Waals surface area (Å²) in [6.45, 7) is 7.89. The molecular weight excluding hydrogens is 176 g/mol. The van der Waals surface area contributed by atoms with Crippen LogP contribution < -0.4 is 5.32 Å². The van der Waals surface area contributed by atoms with Crippen LogP contribution in [0.1, 0.15) is 25.7 Å². The molecule has 0 atom stereocenters. The van der Waals surface area contributed by atoms with Gasteiger partial charge in [-0.2, -0.15) is 0 Å². The Bertz CT molecular complexity index is 186. The molecule has 3 nitrogen and oxygen atoms in total. The zero-order valence-corrected chi connectivity index (χ0v) is 8.80. The lowest BCUT2D eigenvalue weighted by Gasteiger charge is -2.13. The summed E-state index contributed by atoms with van der Waals surface area (Å²) in [5.74, 6) is -0.0637. The van der Waals surface area contributed by atoms with Crippen LogP contribution in [-0.4, -0.2) is 37.0 Å². The van der Waals surface area contributed by atoms with Crippen molar-refractivity contribution >= 4 is 5.91 Å². The van der Waals surface area contributed by atoms with E-state index in [-0.39, 0.29) is 5.91 Å². The number of likely N-dealkylation sites (tertiary alicyclic amines) is 1. The standard InChI is InChI=1S/C11H20N2O/c1-2-11(14)12-7-3-4-8-13-9-5-6-10-13/h2H,1,3-10H2,(H,12,14). The highest BCUT2D eigenvalue weighted by atomic mass is 16.1. The van der Waals surface area contributed by atoms with Crippen molar-refractivity contribution in [2.75, 3.05) is 26.2 Å². The van der Waals surface area contributed by atoms with Crippen LogP contribution >= 0.6 is 0 Å². The van der Waals surface area contributed by atoms with Crippen LogP contribution in [0, 0.1) is 0 Å². The lowest BCUT2D eigenvalue weighted by atomic mass is 10.3. The van der Waals surface area contributed by atoms with Crippen molar-refractivity contribution in [3.63, 3.8) is 0 Å². The number of hydrogen-bond donors (Lipinski definition) is 1. The van der Waals surface area contributed by atoms with Crippen molar-refractivity contribution in [2.24, 2.45) is 0 Å². The Morgan fingerprint density at radius 3 is 2.71 bits per heavy atom. The maximum absolute atomic E-state index is 10.8. The van der Waals surface area contributed by atoms with E-state index in [1.807, 2.05) is 0 Å². The van der Waals surface area contributed by atoms with Crippen molar-refractivity contribution in [3.8, 4) is 0 Å². The Balaban J connectivity index is 1.88. The van der Waals surface area contributed by atoms with Gasteiger partial charge in [-0.1, -0.05) is 6.58 Å². The molecule has 0 spiro atoms. The minimum atomic E-state index is -0.0637. The summed E-state index contributed by atoms with van der Waals surface area (Å²) in [4.78, 5) is 13.3. The maximum Gasteiger partial charge on any atom is 0.243 e. The van der Waals surface area contributed by atoms with Crippen molar-refractivity contribution < 1.29 is 4.79 Å². The lowest BCUT2D eigenvalue weighted by Crippen LogP contribution is -2.24. The van der Waals surface area contributed by atoms with Gasteiger partial charge in [-0.15, -0.1) is 0 Å². The van der Waals surface area contributed by atoms with Crippen LogP contribution in [0.3, 0.4) is 0 Å². The first-order chi connectivity index (χ1) is 6.83. The van der Waals surface area contributed by atoms with E-state index in [1.165, 1.54) is 45.0 Å². The van der Waals surface area contributed by atoms with E-state index in [9.17, 15) is 4.79 Å². The summed E-state index contributed by atoms with van der Waals surface area (Å²) < 4.78 is 0. The number of carbonyl (C=O) groups is 1. The quantitative estimate of drug-likeness (QED) is 0.511. The molecular formula is C11H20N2O. The smallest absolute Gasteiger partial charge is 0.243 e. The normalized spacial score (nSPS) is 16.9. The maximum atomic E-state index is 10.8. The Morgan fingerprint density at radius 1 is 1.36 bits per heavy atom. The first kappa shape index (κ1) is 11.2. The lowest BCUT2D eigenvalue weighted by molar-refractivity contribution is -0.116. The summed E-state index contributed by atoms with van der Waals surface area (Å²) in [7, 11) is 0. The predicted molar refractivity (Wildman–Crippen MR) is 58.1 cm³/mol. The first-order valence-electron chi connectivity index (χ1n) is 5.45. The third-order valence-electron chi connectivity index (χ3n) is 2.58. The molecule has 0 aromatic rings. The minimum absolute atomic E-state index is 0.0637. The molecule has 0 radical (unpaired) electrons. The molecule has 80 valence electrons. The monoisotopic (exact) mass is 196 g/mol. The highest BCUT2D eigenvalue weighted by molar-refractivity contribution is 5.86. The third kappa shape index (κ3) is 4.42. The van der Waals surface area contributed by atoms with Gasteiger partial charge in [0.2, 0.25) is 5.91 Å². The molecule has 14 heavy (non-hydrogen) atoms. The van der Waals surface area contributed by atoms with Gasteiger partial charge in [-0.25, -0.2) is 0 Å². The molecule has 1 aliphatic rings. The van der Waals surface area contributed by atoms with Gasteiger partial charge < -0.3 is 10.2 Å². The van der Waals surface area contributed by atoms with Crippen molar-refractivity contribution in [1.82, 2.24) is 10.2 Å². The van der Waals surface area contributed by atoms with E-state index >= 15 is 0 Å². The number of nitrogens with one attached hydrogen (secondary N) is 1. The molecule has 0 unspecified atom stereocenters. The highest BCUT2D eigenvalue weighted by Gasteiger charge is 2.09. The molecule has 0 saturated carbocycles. The summed E-state index contributed by atoms with van der Waals surface area (Å²) in [5.41, 5.74) is 0. The Labute approximate surface area is 86.2 Å². The molecule has 0 aromatic heterocycles. The zero-order chi connectivity index (χ0) is 10.2. The summed E-state index contributed by atoms with van der Waals surface area (Å²) in [5, 5.41) is 2.78. The Morgan fingerprint density at radius 2 is 2.07 bits per heavy atom. The summed E-state index contributed by atoms with van der Waals surface area (Å²) in [6.07, 6.45) is 6.27. The zero-order valence-electron chi connectivity index (χ0n) is 8.80. The van der Waals surface area contributed by atoms with Gasteiger partial charge in [0, 0.05) is 6.54 Å². The molecule has 0 aliphatic carbocycles.